The highest BCUT2D eigenvalue weighted by Crippen LogP contribution is 2.32. The predicted octanol–water partition coefficient (Wildman–Crippen LogP) is 3.48. The number of benzene rings is 1. The average Bonchev–Trinajstić information content (AvgIpc) is 3.10. The molecule has 4 rings (SSSR count). The normalized spacial score (nSPS) is 15.4. The van der Waals surface area contributed by atoms with Gasteiger partial charge in [0, 0.05) is 11.3 Å². The van der Waals surface area contributed by atoms with Gasteiger partial charge in [0.25, 0.3) is 5.91 Å². The van der Waals surface area contributed by atoms with E-state index in [9.17, 15) is 9.59 Å². The van der Waals surface area contributed by atoms with Crippen LogP contribution in [0.4, 0.5) is 6.01 Å². The first kappa shape index (κ1) is 15.6. The second-order valence-electron chi connectivity index (χ2n) is 6.22. The lowest BCUT2D eigenvalue weighted by Crippen LogP contribution is -2.20. The summed E-state index contributed by atoms with van der Waals surface area (Å²) in [5, 5.41) is 11.0. The van der Waals surface area contributed by atoms with Crippen LogP contribution in [0.3, 0.4) is 0 Å². The Kier molecular flexibility index (Phi) is 4.05. The van der Waals surface area contributed by atoms with Gasteiger partial charge in [0.2, 0.25) is 5.89 Å². The Balaban J connectivity index is 1.55. The van der Waals surface area contributed by atoms with E-state index in [2.05, 4.69) is 15.5 Å². The van der Waals surface area contributed by atoms with Gasteiger partial charge in [-0.05, 0) is 25.0 Å². The predicted molar refractivity (Wildman–Crippen MR) is 90.6 cm³/mol. The lowest BCUT2D eigenvalue weighted by Gasteiger charge is -2.17. The van der Waals surface area contributed by atoms with Crippen LogP contribution in [0, 0.1) is 0 Å². The van der Waals surface area contributed by atoms with Crippen molar-refractivity contribution in [1.29, 1.82) is 0 Å². The highest BCUT2D eigenvalue weighted by molar-refractivity contribution is 6.04. The molecule has 128 valence electrons. The first-order valence-electron chi connectivity index (χ1n) is 8.38. The quantitative estimate of drug-likeness (QED) is 0.734. The Morgan fingerprint density at radius 2 is 1.88 bits per heavy atom. The van der Waals surface area contributed by atoms with Gasteiger partial charge < -0.3 is 8.83 Å². The molecule has 3 aromatic rings. The van der Waals surface area contributed by atoms with Crippen LogP contribution in [-0.2, 0) is 0 Å². The molecule has 1 amide bonds. The molecule has 0 atom stereocenters. The number of hydrogen-bond acceptors (Lipinski definition) is 6. The third kappa shape index (κ3) is 3.17. The molecule has 25 heavy (non-hydrogen) atoms. The van der Waals surface area contributed by atoms with Gasteiger partial charge in [0.1, 0.15) is 11.1 Å². The summed E-state index contributed by atoms with van der Waals surface area (Å²) in [6.45, 7) is 0. The Hall–Kier alpha value is -2.96. The van der Waals surface area contributed by atoms with Crippen LogP contribution in [-0.4, -0.2) is 16.1 Å². The highest BCUT2D eigenvalue weighted by Gasteiger charge is 2.22. The fourth-order valence-corrected chi connectivity index (χ4v) is 3.18. The van der Waals surface area contributed by atoms with Crippen LogP contribution in [0.1, 0.15) is 54.3 Å². The van der Waals surface area contributed by atoms with Crippen LogP contribution in [0.5, 0.6) is 0 Å². The maximum Gasteiger partial charge on any atom is 0.349 e. The van der Waals surface area contributed by atoms with Crippen LogP contribution in [0.2, 0.25) is 0 Å². The molecule has 0 unspecified atom stereocenters. The molecule has 2 aromatic heterocycles. The first-order chi connectivity index (χ1) is 12.2. The van der Waals surface area contributed by atoms with Gasteiger partial charge in [0.15, 0.2) is 0 Å². The zero-order chi connectivity index (χ0) is 17.2. The average molecular weight is 339 g/mol. The summed E-state index contributed by atoms with van der Waals surface area (Å²) in [5.41, 5.74) is -0.374. The molecule has 1 saturated carbocycles. The highest BCUT2D eigenvalue weighted by atomic mass is 16.4. The number of hydrogen-bond donors (Lipinski definition) is 1. The van der Waals surface area contributed by atoms with Gasteiger partial charge in [-0.25, -0.2) is 4.79 Å². The lowest BCUT2D eigenvalue weighted by atomic mass is 9.89. The van der Waals surface area contributed by atoms with Crippen molar-refractivity contribution in [3.63, 3.8) is 0 Å². The molecular formula is C18H17N3O4. The number of anilines is 1. The zero-order valence-corrected chi connectivity index (χ0v) is 13.5. The van der Waals surface area contributed by atoms with E-state index >= 15 is 0 Å². The molecule has 0 spiro atoms. The van der Waals surface area contributed by atoms with Crippen LogP contribution in [0.25, 0.3) is 11.0 Å². The van der Waals surface area contributed by atoms with E-state index in [0.29, 0.717) is 16.9 Å². The number of amides is 1. The molecule has 7 nitrogen and oxygen atoms in total. The molecule has 1 N–H and O–H groups in total. The molecule has 0 saturated heterocycles. The number of nitrogens with one attached hydrogen (secondary N) is 1. The van der Waals surface area contributed by atoms with E-state index in [1.165, 1.54) is 12.5 Å². The summed E-state index contributed by atoms with van der Waals surface area (Å²) in [6.07, 6.45) is 5.55. The molecule has 1 fully saturated rings. The standard InChI is InChI=1S/C18H17N3O4/c22-15(13-10-12-8-4-5-9-14(12)24-17(13)23)19-18-21-20-16(25-18)11-6-2-1-3-7-11/h4-5,8-11H,1-3,6-7H2,(H,19,21,22). The molecule has 1 aliphatic carbocycles. The second-order valence-corrected chi connectivity index (χ2v) is 6.22. The third-order valence-corrected chi connectivity index (χ3v) is 4.50. The van der Waals surface area contributed by atoms with Gasteiger partial charge >= 0.3 is 11.6 Å². The maximum atomic E-state index is 12.4. The van der Waals surface area contributed by atoms with Crippen molar-refractivity contribution < 1.29 is 13.6 Å². The Morgan fingerprint density at radius 3 is 2.72 bits per heavy atom. The van der Waals surface area contributed by atoms with E-state index in [0.717, 1.165) is 25.7 Å². The number of fused-ring (bicyclic) bond motifs is 1. The van der Waals surface area contributed by atoms with Gasteiger partial charge in [-0.15, -0.1) is 5.10 Å². The molecule has 0 aliphatic heterocycles. The minimum Gasteiger partial charge on any atom is -0.422 e. The van der Waals surface area contributed by atoms with Gasteiger partial charge in [-0.3, -0.25) is 10.1 Å². The van der Waals surface area contributed by atoms with Crippen molar-refractivity contribution in [3.8, 4) is 0 Å². The smallest absolute Gasteiger partial charge is 0.349 e. The van der Waals surface area contributed by atoms with Crippen molar-refractivity contribution in [2.75, 3.05) is 5.32 Å². The molecule has 7 heteroatoms. The first-order valence-corrected chi connectivity index (χ1v) is 8.38. The Morgan fingerprint density at radius 1 is 1.08 bits per heavy atom. The second kappa shape index (κ2) is 6.51. The minimum atomic E-state index is -0.705. The summed E-state index contributed by atoms with van der Waals surface area (Å²) in [5.74, 6) is 0.163. The summed E-state index contributed by atoms with van der Waals surface area (Å²) in [6, 6.07) is 8.50. The van der Waals surface area contributed by atoms with Crippen LogP contribution in [0.15, 0.2) is 44.0 Å². The molecular weight excluding hydrogens is 322 g/mol. The van der Waals surface area contributed by atoms with Gasteiger partial charge in [-0.1, -0.05) is 42.6 Å². The summed E-state index contributed by atoms with van der Waals surface area (Å²) in [4.78, 5) is 24.4. The molecule has 0 radical (unpaired) electrons. The third-order valence-electron chi connectivity index (χ3n) is 4.50. The van der Waals surface area contributed by atoms with Crippen molar-refractivity contribution >= 4 is 22.9 Å². The summed E-state index contributed by atoms with van der Waals surface area (Å²) in [7, 11) is 0. The van der Waals surface area contributed by atoms with E-state index in [1.807, 2.05) is 0 Å². The number of aromatic nitrogens is 2. The van der Waals surface area contributed by atoms with Crippen molar-refractivity contribution in [1.82, 2.24) is 10.2 Å². The fraction of sp³-hybridized carbons (Fsp3) is 0.333. The molecule has 2 heterocycles. The molecule has 0 bridgehead atoms. The number of rotatable bonds is 3. The maximum absolute atomic E-state index is 12.4. The minimum absolute atomic E-state index is 0.00173. The van der Waals surface area contributed by atoms with E-state index in [1.54, 1.807) is 24.3 Å². The SMILES string of the molecule is O=C(Nc1nnc(C2CCCCC2)o1)c1cc2ccccc2oc1=O. The lowest BCUT2D eigenvalue weighted by molar-refractivity contribution is 0.102. The van der Waals surface area contributed by atoms with Crippen molar-refractivity contribution in [2.24, 2.45) is 0 Å². The van der Waals surface area contributed by atoms with Crippen LogP contribution >= 0.6 is 0 Å². The topological polar surface area (TPSA) is 98.2 Å². The fourth-order valence-electron chi connectivity index (χ4n) is 3.18. The monoisotopic (exact) mass is 339 g/mol. The molecule has 1 aliphatic rings. The van der Waals surface area contributed by atoms with E-state index in [-0.39, 0.29) is 17.5 Å². The van der Waals surface area contributed by atoms with E-state index < -0.39 is 11.5 Å². The Bertz CT molecular complexity index is 970. The summed E-state index contributed by atoms with van der Waals surface area (Å²) >= 11 is 0. The number of nitrogens with zero attached hydrogens (tertiary/aromatic N) is 2. The van der Waals surface area contributed by atoms with Crippen molar-refractivity contribution in [3.05, 3.63) is 52.2 Å². The largest absolute Gasteiger partial charge is 0.422 e. The zero-order valence-electron chi connectivity index (χ0n) is 13.5. The number of carbonyl (C=O) groups excluding carboxylic acids is 1. The van der Waals surface area contributed by atoms with Gasteiger partial charge in [0.05, 0.1) is 0 Å². The van der Waals surface area contributed by atoms with E-state index in [4.69, 9.17) is 8.83 Å². The number of carbonyl (C=O) groups is 1. The Labute approximate surface area is 143 Å². The number of para-hydroxylation sites is 1. The van der Waals surface area contributed by atoms with Gasteiger partial charge in [-0.2, -0.15) is 0 Å². The van der Waals surface area contributed by atoms with Crippen molar-refractivity contribution in [2.45, 2.75) is 38.0 Å². The summed E-state index contributed by atoms with van der Waals surface area (Å²) < 4.78 is 10.7. The molecule has 1 aromatic carbocycles. The van der Waals surface area contributed by atoms with Crippen LogP contribution < -0.4 is 10.9 Å².